The Morgan fingerprint density at radius 2 is 2.07 bits per heavy atom. The van der Waals surface area contributed by atoms with E-state index in [1.807, 2.05) is 19.1 Å². The minimum atomic E-state index is -0.174. The highest BCUT2D eigenvalue weighted by Gasteiger charge is 2.14. The molecule has 0 atom stereocenters. The molecule has 0 fully saturated rings. The van der Waals surface area contributed by atoms with Crippen molar-refractivity contribution in [2.45, 2.75) is 19.8 Å². The quantitative estimate of drug-likeness (QED) is 0.681. The van der Waals surface area contributed by atoms with E-state index in [9.17, 15) is 4.79 Å². The number of nitrogens with one attached hydrogen (secondary N) is 3. The van der Waals surface area contributed by atoms with E-state index in [2.05, 4.69) is 44.1 Å². The van der Waals surface area contributed by atoms with Crippen LogP contribution in [0, 0.1) is 6.92 Å². The molecule has 7 nitrogen and oxygen atoms in total. The summed E-state index contributed by atoms with van der Waals surface area (Å²) in [5, 5.41) is 9.10. The lowest BCUT2D eigenvalue weighted by Crippen LogP contribution is -2.26. The van der Waals surface area contributed by atoms with Gasteiger partial charge in [0.25, 0.3) is 5.91 Å². The minimum Gasteiger partial charge on any atom is -0.496 e. The highest BCUT2D eigenvalue weighted by Crippen LogP contribution is 2.25. The first-order valence-corrected chi connectivity index (χ1v) is 9.21. The first kappa shape index (κ1) is 19.4. The molecule has 1 aromatic carbocycles. The van der Waals surface area contributed by atoms with Crippen LogP contribution in [0.1, 0.15) is 28.9 Å². The van der Waals surface area contributed by atoms with Crippen molar-refractivity contribution in [3.05, 3.63) is 59.3 Å². The number of methoxy groups -OCH3 is 1. The van der Waals surface area contributed by atoms with Crippen LogP contribution in [-0.4, -0.2) is 36.6 Å². The van der Waals surface area contributed by atoms with E-state index >= 15 is 0 Å². The van der Waals surface area contributed by atoms with Gasteiger partial charge < -0.3 is 20.7 Å². The lowest BCUT2D eigenvalue weighted by molar-refractivity contribution is 0.0954. The third-order valence-corrected chi connectivity index (χ3v) is 4.34. The third kappa shape index (κ3) is 4.88. The number of hydrogen-bond donors (Lipinski definition) is 3. The van der Waals surface area contributed by atoms with Gasteiger partial charge in [-0.05, 0) is 37.5 Å². The Hall–Kier alpha value is -3.35. The Balaban J connectivity index is 1.72. The number of hydrogen-bond acceptors (Lipinski definition) is 6. The maximum absolute atomic E-state index is 12.6. The number of aromatic nitrogens is 2. The van der Waals surface area contributed by atoms with Crippen molar-refractivity contribution in [1.29, 1.82) is 0 Å². The molecule has 0 saturated carbocycles. The summed E-state index contributed by atoms with van der Waals surface area (Å²) >= 11 is 0. The number of ether oxygens (including phenoxy) is 1. The van der Waals surface area contributed by atoms with Crippen molar-refractivity contribution < 1.29 is 9.53 Å². The number of anilines is 3. The van der Waals surface area contributed by atoms with Crippen molar-refractivity contribution in [2.24, 2.45) is 0 Å². The van der Waals surface area contributed by atoms with Crippen molar-refractivity contribution >= 4 is 23.4 Å². The maximum Gasteiger partial charge on any atom is 0.255 e. The molecule has 1 aliphatic carbocycles. The van der Waals surface area contributed by atoms with Crippen LogP contribution in [0.15, 0.2) is 48.1 Å². The molecule has 3 N–H and O–H groups in total. The summed E-state index contributed by atoms with van der Waals surface area (Å²) in [6.07, 6.45) is 8.39. The van der Waals surface area contributed by atoms with Crippen LogP contribution in [-0.2, 0) is 0 Å². The molecule has 2 aromatic rings. The molecule has 7 heteroatoms. The molecule has 1 aliphatic rings. The van der Waals surface area contributed by atoms with Gasteiger partial charge in [-0.15, -0.1) is 0 Å². The van der Waals surface area contributed by atoms with Crippen LogP contribution in [0.5, 0.6) is 5.75 Å². The number of aryl methyl sites for hydroxylation is 1. The predicted octanol–water partition coefficient (Wildman–Crippen LogP) is 3.59. The lowest BCUT2D eigenvalue weighted by Gasteiger charge is -2.13. The van der Waals surface area contributed by atoms with Crippen LogP contribution in [0.4, 0.5) is 17.5 Å². The second kappa shape index (κ2) is 9.03. The monoisotopic (exact) mass is 379 g/mol. The normalized spacial score (nSPS) is 12.9. The van der Waals surface area contributed by atoms with Crippen LogP contribution >= 0.6 is 0 Å². The summed E-state index contributed by atoms with van der Waals surface area (Å²) in [6.45, 7) is 2.40. The number of carbonyl (C=O) groups excluding carboxylic acids is 1. The van der Waals surface area contributed by atoms with E-state index in [0.717, 1.165) is 35.6 Å². The molecule has 1 amide bonds. The molecule has 1 aromatic heterocycles. The molecular formula is C21H25N5O2. The summed E-state index contributed by atoms with van der Waals surface area (Å²) < 4.78 is 5.42. The average Bonchev–Trinajstić information content (AvgIpc) is 2.72. The predicted molar refractivity (Wildman–Crippen MR) is 111 cm³/mol. The van der Waals surface area contributed by atoms with Gasteiger partial charge in [0.05, 0.1) is 12.7 Å². The highest BCUT2D eigenvalue weighted by molar-refractivity contribution is 5.97. The number of nitrogens with zero attached hydrogens (tertiary/aromatic N) is 2. The Morgan fingerprint density at radius 1 is 1.21 bits per heavy atom. The zero-order valence-electron chi connectivity index (χ0n) is 16.4. The fourth-order valence-electron chi connectivity index (χ4n) is 2.91. The topological polar surface area (TPSA) is 88.2 Å². The molecule has 146 valence electrons. The summed E-state index contributed by atoms with van der Waals surface area (Å²) in [6, 6.07) is 7.16. The Kier molecular flexibility index (Phi) is 6.26. The van der Waals surface area contributed by atoms with Crippen LogP contribution in [0.3, 0.4) is 0 Å². The number of rotatable bonds is 7. The van der Waals surface area contributed by atoms with E-state index < -0.39 is 0 Å². The second-order valence-electron chi connectivity index (χ2n) is 6.45. The maximum atomic E-state index is 12.6. The summed E-state index contributed by atoms with van der Waals surface area (Å²) in [4.78, 5) is 21.3. The van der Waals surface area contributed by atoms with Gasteiger partial charge in [0.2, 0.25) is 5.95 Å². The summed E-state index contributed by atoms with van der Waals surface area (Å²) in [7, 11) is 3.35. The molecule has 0 saturated heterocycles. The van der Waals surface area contributed by atoms with Crippen LogP contribution < -0.4 is 20.7 Å². The minimum absolute atomic E-state index is 0.174. The van der Waals surface area contributed by atoms with Crippen molar-refractivity contribution in [1.82, 2.24) is 15.3 Å². The molecule has 0 unspecified atom stereocenters. The van der Waals surface area contributed by atoms with Crippen molar-refractivity contribution in [3.63, 3.8) is 0 Å². The largest absolute Gasteiger partial charge is 0.496 e. The van der Waals surface area contributed by atoms with Gasteiger partial charge in [0.15, 0.2) is 0 Å². The first-order valence-electron chi connectivity index (χ1n) is 9.21. The fraction of sp³-hybridized carbons (Fsp3) is 0.286. The summed E-state index contributed by atoms with van der Waals surface area (Å²) in [5.41, 5.74) is 3.18. The molecule has 0 bridgehead atoms. The second-order valence-corrected chi connectivity index (χ2v) is 6.45. The van der Waals surface area contributed by atoms with Gasteiger partial charge in [-0.25, -0.2) is 4.98 Å². The standard InChI is InChI=1S/C21H25N5O2/c1-14-11-19(22-2)26-21(24-14)25-16-9-10-17(18(12-16)28-3)20(27)23-13-15-7-5-4-6-8-15/h5,7-12H,4,6,13H2,1-3H3,(H,23,27)(H2,22,24,25,26). The van der Waals surface area contributed by atoms with E-state index in [1.54, 1.807) is 26.3 Å². The van der Waals surface area contributed by atoms with E-state index in [-0.39, 0.29) is 5.91 Å². The number of benzene rings is 1. The van der Waals surface area contributed by atoms with E-state index in [1.165, 1.54) is 0 Å². The fourth-order valence-corrected chi connectivity index (χ4v) is 2.91. The van der Waals surface area contributed by atoms with E-state index in [0.29, 0.717) is 23.8 Å². The van der Waals surface area contributed by atoms with Crippen LogP contribution in [0.2, 0.25) is 0 Å². The third-order valence-electron chi connectivity index (χ3n) is 4.34. The van der Waals surface area contributed by atoms with Gasteiger partial charge in [0.1, 0.15) is 11.6 Å². The summed E-state index contributed by atoms with van der Waals surface area (Å²) in [5.74, 6) is 1.51. The van der Waals surface area contributed by atoms with Gasteiger partial charge in [-0.1, -0.05) is 18.2 Å². The molecule has 1 heterocycles. The Labute approximate surface area is 164 Å². The molecule has 0 spiro atoms. The first-order chi connectivity index (χ1) is 13.6. The number of amides is 1. The smallest absolute Gasteiger partial charge is 0.255 e. The van der Waals surface area contributed by atoms with Crippen molar-refractivity contribution in [3.8, 4) is 5.75 Å². The molecule has 28 heavy (non-hydrogen) atoms. The van der Waals surface area contributed by atoms with Gasteiger partial charge in [-0.3, -0.25) is 4.79 Å². The lowest BCUT2D eigenvalue weighted by atomic mass is 10.1. The zero-order chi connectivity index (χ0) is 19.9. The Morgan fingerprint density at radius 3 is 2.79 bits per heavy atom. The Bertz CT molecular complexity index is 921. The number of allylic oxidation sites excluding steroid dienone is 2. The van der Waals surface area contributed by atoms with Crippen molar-refractivity contribution in [2.75, 3.05) is 31.3 Å². The molecular weight excluding hydrogens is 354 g/mol. The van der Waals surface area contributed by atoms with Gasteiger partial charge in [-0.2, -0.15) is 4.98 Å². The van der Waals surface area contributed by atoms with Gasteiger partial charge >= 0.3 is 0 Å². The molecule has 0 radical (unpaired) electrons. The average molecular weight is 379 g/mol. The SMILES string of the molecule is CNc1cc(C)nc(Nc2ccc(C(=O)NCC3=CCCC=C3)c(OC)c2)n1. The highest BCUT2D eigenvalue weighted by atomic mass is 16.5. The van der Waals surface area contributed by atoms with Crippen LogP contribution in [0.25, 0.3) is 0 Å². The van der Waals surface area contributed by atoms with E-state index in [4.69, 9.17) is 4.74 Å². The van der Waals surface area contributed by atoms with Gasteiger partial charge in [0, 0.05) is 37.1 Å². The zero-order valence-corrected chi connectivity index (χ0v) is 16.4. The molecule has 3 rings (SSSR count). The molecule has 0 aliphatic heterocycles. The number of carbonyl (C=O) groups is 1.